The Bertz CT molecular complexity index is 230. The Hall–Kier alpha value is -1.19. The van der Waals surface area contributed by atoms with Crippen LogP contribution in [0, 0.1) is 6.07 Å². The first-order chi connectivity index (χ1) is 5.58. The van der Waals surface area contributed by atoms with E-state index in [9.17, 15) is 13.2 Å². The average molecular weight is 174 g/mol. The van der Waals surface area contributed by atoms with Crippen LogP contribution in [0.3, 0.4) is 0 Å². The Balaban J connectivity index is 2.44. The highest BCUT2D eigenvalue weighted by Crippen LogP contribution is 2.15. The van der Waals surface area contributed by atoms with E-state index in [4.69, 9.17) is 0 Å². The fourth-order valence-electron chi connectivity index (χ4n) is 0.699. The van der Waals surface area contributed by atoms with Gasteiger partial charge in [0, 0.05) is 11.8 Å². The second kappa shape index (κ2) is 3.47. The van der Waals surface area contributed by atoms with Crippen molar-refractivity contribution < 1.29 is 13.2 Å². The Morgan fingerprint density at radius 1 is 1.33 bits per heavy atom. The zero-order valence-corrected chi connectivity index (χ0v) is 6.15. The highest BCUT2D eigenvalue weighted by atomic mass is 19.4. The van der Waals surface area contributed by atoms with Gasteiger partial charge in [-0.05, 0) is 6.07 Å². The molecule has 0 saturated heterocycles. The first-order valence-corrected chi connectivity index (χ1v) is 3.35. The van der Waals surface area contributed by atoms with E-state index in [2.05, 4.69) is 11.4 Å². The summed E-state index contributed by atoms with van der Waals surface area (Å²) in [4.78, 5) is 0. The molecular formula is C8H7F3N. The molecule has 0 spiro atoms. The van der Waals surface area contributed by atoms with Crippen LogP contribution in [0.4, 0.5) is 18.9 Å². The van der Waals surface area contributed by atoms with Crippen molar-refractivity contribution in [3.63, 3.8) is 0 Å². The third kappa shape index (κ3) is 3.27. The SMILES string of the molecule is FC(F)(F)CNc1[c]cccc1. The molecule has 1 N–H and O–H groups in total. The number of hydrogen-bond acceptors (Lipinski definition) is 1. The number of rotatable bonds is 2. The first-order valence-electron chi connectivity index (χ1n) is 3.35. The normalized spacial score (nSPS) is 11.2. The van der Waals surface area contributed by atoms with Gasteiger partial charge in [0.1, 0.15) is 6.54 Å². The van der Waals surface area contributed by atoms with E-state index < -0.39 is 12.7 Å². The molecule has 12 heavy (non-hydrogen) atoms. The predicted molar refractivity (Wildman–Crippen MR) is 39.8 cm³/mol. The fraction of sp³-hybridized carbons (Fsp3) is 0.250. The molecule has 1 aromatic rings. The van der Waals surface area contributed by atoms with E-state index in [1.165, 1.54) is 6.07 Å². The average Bonchev–Trinajstić information content (AvgIpc) is 2.02. The van der Waals surface area contributed by atoms with Crippen molar-refractivity contribution in [2.75, 3.05) is 11.9 Å². The number of para-hydroxylation sites is 1. The van der Waals surface area contributed by atoms with Crippen molar-refractivity contribution in [1.29, 1.82) is 0 Å². The third-order valence-electron chi connectivity index (χ3n) is 1.19. The summed E-state index contributed by atoms with van der Waals surface area (Å²) in [6.07, 6.45) is -4.18. The van der Waals surface area contributed by atoms with Gasteiger partial charge < -0.3 is 5.32 Å². The second-order valence-corrected chi connectivity index (χ2v) is 2.24. The van der Waals surface area contributed by atoms with Crippen LogP contribution in [0.1, 0.15) is 0 Å². The molecule has 1 rings (SSSR count). The van der Waals surface area contributed by atoms with Gasteiger partial charge in [0.25, 0.3) is 0 Å². The highest BCUT2D eigenvalue weighted by molar-refractivity contribution is 5.41. The van der Waals surface area contributed by atoms with E-state index >= 15 is 0 Å². The molecule has 0 unspecified atom stereocenters. The summed E-state index contributed by atoms with van der Waals surface area (Å²) < 4.78 is 35.0. The lowest BCUT2D eigenvalue weighted by Crippen LogP contribution is -2.21. The van der Waals surface area contributed by atoms with Gasteiger partial charge in [-0.25, -0.2) is 0 Å². The summed E-state index contributed by atoms with van der Waals surface area (Å²) in [7, 11) is 0. The van der Waals surface area contributed by atoms with E-state index in [1.54, 1.807) is 18.2 Å². The second-order valence-electron chi connectivity index (χ2n) is 2.24. The number of nitrogens with one attached hydrogen (secondary N) is 1. The maximum Gasteiger partial charge on any atom is 0.405 e. The van der Waals surface area contributed by atoms with Gasteiger partial charge in [0.15, 0.2) is 0 Å². The Morgan fingerprint density at radius 3 is 2.58 bits per heavy atom. The van der Waals surface area contributed by atoms with Gasteiger partial charge >= 0.3 is 6.18 Å². The molecule has 0 heterocycles. The van der Waals surface area contributed by atoms with Gasteiger partial charge in [-0.15, -0.1) is 0 Å². The molecule has 0 amide bonds. The topological polar surface area (TPSA) is 12.0 Å². The van der Waals surface area contributed by atoms with Gasteiger partial charge in [-0.1, -0.05) is 18.2 Å². The predicted octanol–water partition coefficient (Wildman–Crippen LogP) is 2.46. The molecule has 0 bridgehead atoms. The van der Waals surface area contributed by atoms with Crippen LogP contribution in [0.25, 0.3) is 0 Å². The minimum atomic E-state index is -4.18. The van der Waals surface area contributed by atoms with Crippen molar-refractivity contribution in [3.8, 4) is 0 Å². The monoisotopic (exact) mass is 174 g/mol. The molecule has 0 aromatic heterocycles. The molecular weight excluding hydrogens is 167 g/mol. The van der Waals surface area contributed by atoms with Crippen LogP contribution < -0.4 is 5.32 Å². The molecule has 1 radical (unpaired) electrons. The standard InChI is InChI=1S/C8H7F3N/c9-8(10,11)6-12-7-4-2-1-3-5-7/h1-4,12H,6H2. The first kappa shape index (κ1) is 8.90. The summed E-state index contributed by atoms with van der Waals surface area (Å²) in [5, 5.41) is 2.20. The van der Waals surface area contributed by atoms with Crippen LogP contribution in [0.15, 0.2) is 24.3 Å². The molecule has 0 aliphatic heterocycles. The molecule has 0 aliphatic carbocycles. The summed E-state index contributed by atoms with van der Waals surface area (Å²) >= 11 is 0. The zero-order valence-electron chi connectivity index (χ0n) is 6.15. The fourth-order valence-corrected chi connectivity index (χ4v) is 0.699. The summed E-state index contributed by atoms with van der Waals surface area (Å²) in [6, 6.07) is 9.06. The largest absolute Gasteiger partial charge is 0.405 e. The van der Waals surface area contributed by atoms with Gasteiger partial charge in [0.2, 0.25) is 0 Å². The maximum absolute atomic E-state index is 11.7. The number of alkyl halides is 3. The molecule has 0 saturated carbocycles. The van der Waals surface area contributed by atoms with Gasteiger partial charge in [0.05, 0.1) is 0 Å². The lowest BCUT2D eigenvalue weighted by molar-refractivity contribution is -0.115. The number of halogens is 3. The van der Waals surface area contributed by atoms with Gasteiger partial charge in [-0.2, -0.15) is 13.2 Å². The lowest BCUT2D eigenvalue weighted by Gasteiger charge is -2.08. The van der Waals surface area contributed by atoms with E-state index in [-0.39, 0.29) is 0 Å². The van der Waals surface area contributed by atoms with Crippen molar-refractivity contribution >= 4 is 5.69 Å². The Morgan fingerprint density at radius 2 is 2.08 bits per heavy atom. The Kier molecular flexibility index (Phi) is 2.58. The van der Waals surface area contributed by atoms with Crippen LogP contribution >= 0.6 is 0 Å². The summed E-state index contributed by atoms with van der Waals surface area (Å²) in [5.41, 5.74) is 0.356. The molecule has 0 atom stereocenters. The smallest absolute Gasteiger partial charge is 0.376 e. The van der Waals surface area contributed by atoms with Crippen molar-refractivity contribution in [3.05, 3.63) is 30.3 Å². The number of anilines is 1. The Labute approximate surface area is 68.2 Å². The minimum Gasteiger partial charge on any atom is -0.376 e. The molecule has 4 heteroatoms. The van der Waals surface area contributed by atoms with Crippen LogP contribution in [-0.4, -0.2) is 12.7 Å². The van der Waals surface area contributed by atoms with Crippen LogP contribution in [0.2, 0.25) is 0 Å². The van der Waals surface area contributed by atoms with E-state index in [0.717, 1.165) is 0 Å². The van der Waals surface area contributed by atoms with Crippen molar-refractivity contribution in [1.82, 2.24) is 0 Å². The molecule has 0 fully saturated rings. The molecule has 1 nitrogen and oxygen atoms in total. The van der Waals surface area contributed by atoms with Crippen LogP contribution in [-0.2, 0) is 0 Å². The summed E-state index contributed by atoms with van der Waals surface area (Å²) in [6.45, 7) is -1.02. The lowest BCUT2D eigenvalue weighted by atomic mass is 10.3. The van der Waals surface area contributed by atoms with Gasteiger partial charge in [-0.3, -0.25) is 0 Å². The van der Waals surface area contributed by atoms with E-state index in [0.29, 0.717) is 5.69 Å². The highest BCUT2D eigenvalue weighted by Gasteiger charge is 2.26. The minimum absolute atomic E-state index is 0.356. The van der Waals surface area contributed by atoms with Crippen molar-refractivity contribution in [2.24, 2.45) is 0 Å². The number of hydrogen-bond donors (Lipinski definition) is 1. The van der Waals surface area contributed by atoms with Crippen molar-refractivity contribution in [2.45, 2.75) is 6.18 Å². The molecule has 1 aromatic carbocycles. The van der Waals surface area contributed by atoms with Crippen LogP contribution in [0.5, 0.6) is 0 Å². The van der Waals surface area contributed by atoms with E-state index in [1.807, 2.05) is 0 Å². The maximum atomic E-state index is 11.7. The molecule has 0 aliphatic rings. The number of benzene rings is 1. The molecule has 65 valence electrons. The quantitative estimate of drug-likeness (QED) is 0.726. The third-order valence-corrected chi connectivity index (χ3v) is 1.19. The zero-order chi connectivity index (χ0) is 9.03. The summed E-state index contributed by atoms with van der Waals surface area (Å²) in [5.74, 6) is 0.